The van der Waals surface area contributed by atoms with Gasteiger partial charge >= 0.3 is 12.1 Å². The highest BCUT2D eigenvalue weighted by Crippen LogP contribution is 2.25. The van der Waals surface area contributed by atoms with Crippen LogP contribution < -0.4 is 0 Å². The number of carbonyl (C=O) groups excluding carboxylic acids is 1. The zero-order chi connectivity index (χ0) is 17.9. The molecule has 0 spiro atoms. The normalized spacial score (nSPS) is 12.0. The van der Waals surface area contributed by atoms with Gasteiger partial charge in [0.2, 0.25) is 0 Å². The minimum atomic E-state index is -4.78. The highest BCUT2D eigenvalue weighted by Gasteiger charge is 2.36. The Hall–Kier alpha value is -2.60. The van der Waals surface area contributed by atoms with E-state index in [0.717, 1.165) is 10.7 Å². The van der Waals surface area contributed by atoms with E-state index in [1.54, 1.807) is 6.92 Å². The fraction of sp³-hybridized carbons (Fsp3) is 0.545. The van der Waals surface area contributed by atoms with Gasteiger partial charge in [-0.25, -0.2) is 13.6 Å². The Morgan fingerprint density at radius 1 is 1.33 bits per heavy atom. The van der Waals surface area contributed by atoms with E-state index in [-0.39, 0.29) is 18.0 Å². The third-order valence-electron chi connectivity index (χ3n) is 2.67. The van der Waals surface area contributed by atoms with E-state index >= 15 is 0 Å². The summed E-state index contributed by atoms with van der Waals surface area (Å²) in [5.41, 5.74) is -0.242. The largest absolute Gasteiger partial charge is 0.461 e. The summed E-state index contributed by atoms with van der Waals surface area (Å²) in [6.07, 6.45) is -7.56. The number of alkyl halides is 5. The van der Waals surface area contributed by atoms with Crippen molar-refractivity contribution in [3.05, 3.63) is 23.3 Å². The molecule has 0 aliphatic rings. The van der Waals surface area contributed by atoms with E-state index in [1.807, 2.05) is 0 Å². The Morgan fingerprint density at radius 2 is 2.04 bits per heavy atom. The molecule has 132 valence electrons. The molecule has 0 atom stereocenters. The number of hydrogen-bond acceptors (Lipinski definition) is 6. The van der Waals surface area contributed by atoms with Crippen LogP contribution in [0.2, 0.25) is 0 Å². The van der Waals surface area contributed by atoms with Crippen molar-refractivity contribution >= 4 is 5.97 Å². The predicted octanol–water partition coefficient (Wildman–Crippen LogP) is 1.38. The fourth-order valence-electron chi connectivity index (χ4n) is 1.74. The standard InChI is InChI=1S/C11H11F5N6O2/c1-2-24-9(23)7-3-6(21(18-7)5-8(12)13)4-22-19-10(17-20-22)11(14,15)16/h3,8H,2,4-5H2,1H3. The van der Waals surface area contributed by atoms with Crippen molar-refractivity contribution in [3.63, 3.8) is 0 Å². The second-order valence-electron chi connectivity index (χ2n) is 4.46. The first-order valence-electron chi connectivity index (χ1n) is 6.57. The van der Waals surface area contributed by atoms with Gasteiger partial charge in [0.15, 0.2) is 5.69 Å². The van der Waals surface area contributed by atoms with Gasteiger partial charge in [-0.1, -0.05) is 0 Å². The Labute approximate surface area is 131 Å². The maximum absolute atomic E-state index is 12.6. The molecule has 0 saturated carbocycles. The molecule has 0 aromatic carbocycles. The minimum Gasteiger partial charge on any atom is -0.461 e. The van der Waals surface area contributed by atoms with Gasteiger partial charge in [-0.15, -0.1) is 10.2 Å². The van der Waals surface area contributed by atoms with Gasteiger partial charge in [0, 0.05) is 0 Å². The molecule has 0 N–H and O–H groups in total. The van der Waals surface area contributed by atoms with Crippen LogP contribution in [0.25, 0.3) is 0 Å². The van der Waals surface area contributed by atoms with Gasteiger partial charge in [0.25, 0.3) is 12.2 Å². The SMILES string of the molecule is CCOC(=O)c1cc(Cn2nnc(C(F)(F)F)n2)n(CC(F)F)n1. The van der Waals surface area contributed by atoms with Crippen molar-refractivity contribution in [1.82, 2.24) is 30.0 Å². The van der Waals surface area contributed by atoms with Crippen molar-refractivity contribution in [2.75, 3.05) is 6.61 Å². The van der Waals surface area contributed by atoms with E-state index in [1.165, 1.54) is 0 Å². The van der Waals surface area contributed by atoms with E-state index in [0.29, 0.717) is 4.80 Å². The quantitative estimate of drug-likeness (QED) is 0.575. The van der Waals surface area contributed by atoms with Gasteiger partial charge in [-0.05, 0) is 18.2 Å². The zero-order valence-electron chi connectivity index (χ0n) is 12.2. The number of rotatable bonds is 6. The molecule has 0 aliphatic heterocycles. The third-order valence-corrected chi connectivity index (χ3v) is 2.67. The Balaban J connectivity index is 2.27. The summed E-state index contributed by atoms with van der Waals surface area (Å²) in [6.45, 7) is 0.320. The Morgan fingerprint density at radius 3 is 2.58 bits per heavy atom. The monoisotopic (exact) mass is 354 g/mol. The fourth-order valence-corrected chi connectivity index (χ4v) is 1.74. The smallest absolute Gasteiger partial charge is 0.455 e. The molecule has 2 aromatic heterocycles. The summed E-state index contributed by atoms with van der Waals surface area (Å²) in [7, 11) is 0. The third kappa shape index (κ3) is 4.23. The molecule has 0 saturated heterocycles. The molecule has 2 aromatic rings. The molecule has 0 unspecified atom stereocenters. The van der Waals surface area contributed by atoms with Crippen LogP contribution in [0.3, 0.4) is 0 Å². The van der Waals surface area contributed by atoms with Gasteiger partial charge in [0.1, 0.15) is 13.1 Å². The molecule has 13 heteroatoms. The first kappa shape index (κ1) is 17.7. The lowest BCUT2D eigenvalue weighted by atomic mass is 10.3. The molecule has 2 rings (SSSR count). The first-order valence-corrected chi connectivity index (χ1v) is 6.57. The van der Waals surface area contributed by atoms with Crippen LogP contribution in [-0.4, -0.2) is 49.0 Å². The highest BCUT2D eigenvalue weighted by molar-refractivity contribution is 5.87. The second-order valence-corrected chi connectivity index (χ2v) is 4.46. The lowest BCUT2D eigenvalue weighted by Crippen LogP contribution is -2.16. The zero-order valence-corrected chi connectivity index (χ0v) is 12.2. The van der Waals surface area contributed by atoms with Gasteiger partial charge in [-0.3, -0.25) is 4.68 Å². The maximum Gasteiger partial charge on any atom is 0.455 e. The molecule has 0 fully saturated rings. The van der Waals surface area contributed by atoms with Crippen LogP contribution in [-0.2, 0) is 24.0 Å². The minimum absolute atomic E-state index is 0.00415. The van der Waals surface area contributed by atoms with Gasteiger partial charge in [-0.2, -0.15) is 23.1 Å². The number of tetrazole rings is 1. The maximum atomic E-state index is 12.6. The summed E-state index contributed by atoms with van der Waals surface area (Å²) in [6, 6.07) is 1.12. The highest BCUT2D eigenvalue weighted by atomic mass is 19.4. The summed E-state index contributed by atoms with van der Waals surface area (Å²) in [5.74, 6) is -2.30. The average molecular weight is 354 g/mol. The number of nitrogens with zero attached hydrogens (tertiary/aromatic N) is 6. The summed E-state index contributed by atoms with van der Waals surface area (Å²) < 4.78 is 67.9. The summed E-state index contributed by atoms with van der Waals surface area (Å²) in [5, 5.41) is 12.8. The lowest BCUT2D eigenvalue weighted by molar-refractivity contribution is -0.145. The summed E-state index contributed by atoms with van der Waals surface area (Å²) in [4.78, 5) is 12.2. The Bertz CT molecular complexity index is 710. The van der Waals surface area contributed by atoms with E-state index < -0.39 is 37.5 Å². The van der Waals surface area contributed by atoms with Crippen LogP contribution in [0.15, 0.2) is 6.07 Å². The van der Waals surface area contributed by atoms with Crippen molar-refractivity contribution < 1.29 is 31.5 Å². The van der Waals surface area contributed by atoms with Crippen LogP contribution in [0.5, 0.6) is 0 Å². The number of ether oxygens (including phenoxy) is 1. The molecule has 2 heterocycles. The number of hydrogen-bond donors (Lipinski definition) is 0. The molecule has 8 nitrogen and oxygen atoms in total. The molecule has 0 amide bonds. The van der Waals surface area contributed by atoms with Crippen LogP contribution in [0.4, 0.5) is 22.0 Å². The van der Waals surface area contributed by atoms with Crippen LogP contribution in [0, 0.1) is 0 Å². The average Bonchev–Trinajstić information content (AvgIpc) is 3.06. The van der Waals surface area contributed by atoms with Crippen molar-refractivity contribution in [2.24, 2.45) is 0 Å². The molecule has 0 aliphatic carbocycles. The Kier molecular flexibility index (Phi) is 5.09. The van der Waals surface area contributed by atoms with Crippen molar-refractivity contribution in [2.45, 2.75) is 32.6 Å². The van der Waals surface area contributed by atoms with Crippen molar-refractivity contribution in [3.8, 4) is 0 Å². The van der Waals surface area contributed by atoms with Gasteiger partial charge in [0.05, 0.1) is 12.3 Å². The number of carbonyl (C=O) groups is 1. The van der Waals surface area contributed by atoms with Crippen LogP contribution >= 0.6 is 0 Å². The number of esters is 1. The van der Waals surface area contributed by atoms with E-state index in [9.17, 15) is 26.7 Å². The molecule has 0 radical (unpaired) electrons. The van der Waals surface area contributed by atoms with E-state index in [2.05, 4.69) is 20.5 Å². The van der Waals surface area contributed by atoms with E-state index in [4.69, 9.17) is 4.74 Å². The molecular weight excluding hydrogens is 343 g/mol. The topological polar surface area (TPSA) is 87.7 Å². The molecule has 24 heavy (non-hydrogen) atoms. The lowest BCUT2D eigenvalue weighted by Gasteiger charge is -2.05. The van der Waals surface area contributed by atoms with Gasteiger partial charge < -0.3 is 4.74 Å². The second kappa shape index (κ2) is 6.88. The number of aromatic nitrogens is 6. The van der Waals surface area contributed by atoms with Crippen molar-refractivity contribution in [1.29, 1.82) is 0 Å². The predicted molar refractivity (Wildman–Crippen MR) is 66.1 cm³/mol. The molecule has 0 bridgehead atoms. The number of halogens is 5. The first-order chi connectivity index (χ1) is 11.2. The summed E-state index contributed by atoms with van der Waals surface area (Å²) >= 11 is 0. The van der Waals surface area contributed by atoms with Crippen LogP contribution in [0.1, 0.15) is 28.9 Å². The molecular formula is C11H11F5N6O2.